The minimum Gasteiger partial charge on any atom is -0.465 e. The van der Waals surface area contributed by atoms with Crippen molar-refractivity contribution in [2.24, 2.45) is 45.8 Å². The fraction of sp³-hybridized carbons (Fsp3) is 0.800. The Morgan fingerprint density at radius 2 is 1.95 bits per heavy atom. The van der Waals surface area contributed by atoms with Gasteiger partial charge in [0.25, 0.3) is 0 Å². The van der Waals surface area contributed by atoms with Crippen LogP contribution in [0.5, 0.6) is 0 Å². The third-order valence-corrected chi connectivity index (χ3v) is 12.8. The molecule has 0 aromatic carbocycles. The molecule has 38 heavy (non-hydrogen) atoms. The molecule has 8 aliphatic rings. The van der Waals surface area contributed by atoms with Crippen molar-refractivity contribution in [1.29, 1.82) is 0 Å². The lowest BCUT2D eigenvalue weighted by Crippen LogP contribution is -2.72. The summed E-state index contributed by atoms with van der Waals surface area (Å²) in [5.41, 5.74) is -0.442. The lowest BCUT2D eigenvalue weighted by Gasteiger charge is -2.68. The molecule has 8 heteroatoms. The number of allylic oxidation sites excluding steroid dienone is 3. The van der Waals surface area contributed by atoms with E-state index in [1.165, 1.54) is 0 Å². The first-order valence-electron chi connectivity index (χ1n) is 14.5. The van der Waals surface area contributed by atoms with E-state index in [2.05, 4.69) is 24.8 Å². The molecule has 5 aliphatic heterocycles. The third-order valence-electron chi connectivity index (χ3n) is 12.8. The molecule has 2 spiro atoms. The molecule has 5 saturated heterocycles. The standard InChI is InChI=1S/C30H39NO7/c1-15-7-19-23(20(32)8-15)17(3)30(35)25-27(19,13-37-30)10-21-26(4,28(25)11-22(33)36-14-28)5-6-29-24(34)16(2)9-18(38-29)12-31(21)29/h8,10,16-19,23-25,34-35H,5-7,9,11-14H2,1-4H3/t16-,17+,18+,19+,23-,24+,25-,26+,27+,28+,29-,30-/m0/s1. The molecule has 0 amide bonds. The van der Waals surface area contributed by atoms with Crippen LogP contribution in [0.3, 0.4) is 0 Å². The highest BCUT2D eigenvalue weighted by Crippen LogP contribution is 2.78. The molecule has 0 unspecified atom stereocenters. The number of cyclic esters (lactones) is 1. The van der Waals surface area contributed by atoms with Gasteiger partial charge in [-0.05, 0) is 50.5 Å². The molecule has 206 valence electrons. The first-order valence-corrected chi connectivity index (χ1v) is 14.5. The van der Waals surface area contributed by atoms with E-state index in [-0.39, 0.29) is 54.6 Å². The van der Waals surface area contributed by atoms with Crippen LogP contribution in [0.25, 0.3) is 0 Å². The second-order valence-electron chi connectivity index (χ2n) is 14.3. The van der Waals surface area contributed by atoms with Gasteiger partial charge >= 0.3 is 5.97 Å². The van der Waals surface area contributed by atoms with Crippen molar-refractivity contribution < 1.29 is 34.0 Å². The number of fused-ring (bicyclic) bond motifs is 5. The SMILES string of the molecule is CC1=CC(=O)[C@@H]2[C@@H](C1)[C@]13C=C4N5C[C@H]6C[C@H](C)[C@@H](O)[C@]5(CC[C@@]4(C)[C@]4(COC(=O)C4)[C@H]1[C@@](O)(OC3)[C@@H]2C)O6. The number of esters is 1. The maximum atomic E-state index is 13.5. The van der Waals surface area contributed by atoms with Gasteiger partial charge in [-0.2, -0.15) is 0 Å². The lowest BCUT2D eigenvalue weighted by molar-refractivity contribution is -0.297. The molecule has 0 radical (unpaired) electrons. The Balaban J connectivity index is 1.40. The number of ketones is 1. The van der Waals surface area contributed by atoms with Crippen molar-refractivity contribution >= 4 is 11.8 Å². The molecular formula is C30H39NO7. The van der Waals surface area contributed by atoms with Gasteiger partial charge in [0, 0.05) is 46.2 Å². The van der Waals surface area contributed by atoms with Gasteiger partial charge in [0.2, 0.25) is 0 Å². The van der Waals surface area contributed by atoms with Crippen molar-refractivity contribution in [3.05, 3.63) is 23.4 Å². The summed E-state index contributed by atoms with van der Waals surface area (Å²) in [4.78, 5) is 28.8. The fourth-order valence-electron chi connectivity index (χ4n) is 11.1. The average molecular weight is 526 g/mol. The Hall–Kier alpha value is -1.74. The molecule has 4 bridgehead atoms. The van der Waals surface area contributed by atoms with Crippen LogP contribution in [0.2, 0.25) is 0 Å². The van der Waals surface area contributed by atoms with Crippen LogP contribution in [0, 0.1) is 45.8 Å². The van der Waals surface area contributed by atoms with E-state index in [1.54, 1.807) is 6.08 Å². The Labute approximate surface area is 223 Å². The second kappa shape index (κ2) is 6.93. The minimum absolute atomic E-state index is 0.0432. The van der Waals surface area contributed by atoms with Crippen molar-refractivity contribution in [3.63, 3.8) is 0 Å². The molecule has 2 N–H and O–H groups in total. The number of hydrogen-bond donors (Lipinski definition) is 2. The monoisotopic (exact) mass is 525 g/mol. The molecule has 12 atom stereocenters. The normalized spacial score (nSPS) is 58.1. The summed E-state index contributed by atoms with van der Waals surface area (Å²) in [5.74, 6) is -2.74. The summed E-state index contributed by atoms with van der Waals surface area (Å²) < 4.78 is 18.9. The minimum atomic E-state index is -1.53. The first-order chi connectivity index (χ1) is 17.9. The van der Waals surface area contributed by atoms with E-state index < -0.39 is 39.8 Å². The molecule has 1 saturated carbocycles. The zero-order chi connectivity index (χ0) is 26.6. The Kier molecular flexibility index (Phi) is 4.40. The summed E-state index contributed by atoms with van der Waals surface area (Å²) in [6, 6.07) is 0. The largest absolute Gasteiger partial charge is 0.465 e. The molecule has 0 aromatic rings. The number of ether oxygens (including phenoxy) is 3. The number of carbonyl (C=O) groups excluding carboxylic acids is 2. The van der Waals surface area contributed by atoms with Crippen molar-refractivity contribution in [2.45, 2.75) is 83.5 Å². The van der Waals surface area contributed by atoms with Crippen molar-refractivity contribution in [1.82, 2.24) is 4.90 Å². The molecule has 8 nitrogen and oxygen atoms in total. The first kappa shape index (κ1) is 24.1. The smallest absolute Gasteiger partial charge is 0.306 e. The van der Waals surface area contributed by atoms with Gasteiger partial charge in [0.15, 0.2) is 17.3 Å². The number of nitrogens with zero attached hydrogens (tertiary/aromatic N) is 1. The molecule has 6 fully saturated rings. The summed E-state index contributed by atoms with van der Waals surface area (Å²) in [6.45, 7) is 9.54. The van der Waals surface area contributed by atoms with Gasteiger partial charge in [-0.3, -0.25) is 9.59 Å². The zero-order valence-electron chi connectivity index (χ0n) is 22.7. The van der Waals surface area contributed by atoms with Gasteiger partial charge in [0.05, 0.1) is 25.7 Å². The van der Waals surface area contributed by atoms with Crippen LogP contribution in [0.4, 0.5) is 0 Å². The topological polar surface area (TPSA) is 106 Å². The maximum absolute atomic E-state index is 13.5. The summed E-state index contributed by atoms with van der Waals surface area (Å²) in [6.07, 6.45) is 6.67. The Morgan fingerprint density at radius 3 is 2.68 bits per heavy atom. The number of aliphatic hydroxyl groups is 2. The van der Waals surface area contributed by atoms with E-state index in [4.69, 9.17) is 14.2 Å². The highest BCUT2D eigenvalue weighted by Gasteiger charge is 2.82. The van der Waals surface area contributed by atoms with Crippen molar-refractivity contribution in [2.75, 3.05) is 19.8 Å². The predicted octanol–water partition coefficient (Wildman–Crippen LogP) is 2.54. The Bertz CT molecular complexity index is 1230. The van der Waals surface area contributed by atoms with Crippen LogP contribution >= 0.6 is 0 Å². The van der Waals surface area contributed by atoms with Gasteiger partial charge in [0.1, 0.15) is 6.10 Å². The molecular weight excluding hydrogens is 486 g/mol. The van der Waals surface area contributed by atoms with E-state index in [0.717, 1.165) is 24.1 Å². The van der Waals surface area contributed by atoms with E-state index >= 15 is 0 Å². The number of piperidine rings is 1. The predicted molar refractivity (Wildman–Crippen MR) is 134 cm³/mol. The van der Waals surface area contributed by atoms with Crippen LogP contribution in [-0.2, 0) is 23.8 Å². The third kappa shape index (κ3) is 2.38. The van der Waals surface area contributed by atoms with Gasteiger partial charge < -0.3 is 29.3 Å². The van der Waals surface area contributed by atoms with Gasteiger partial charge in [-0.1, -0.05) is 32.4 Å². The van der Waals surface area contributed by atoms with Gasteiger partial charge in [-0.15, -0.1) is 0 Å². The number of aliphatic hydroxyl groups excluding tert-OH is 1. The van der Waals surface area contributed by atoms with Crippen LogP contribution < -0.4 is 0 Å². The van der Waals surface area contributed by atoms with E-state index in [0.29, 0.717) is 26.0 Å². The van der Waals surface area contributed by atoms with Crippen LogP contribution in [-0.4, -0.2) is 70.3 Å². The highest BCUT2D eigenvalue weighted by molar-refractivity contribution is 5.94. The second-order valence-corrected chi connectivity index (χ2v) is 14.3. The number of hydrogen-bond acceptors (Lipinski definition) is 8. The van der Waals surface area contributed by atoms with Gasteiger partial charge in [-0.25, -0.2) is 0 Å². The van der Waals surface area contributed by atoms with Crippen LogP contribution in [0.15, 0.2) is 23.4 Å². The lowest BCUT2D eigenvalue weighted by atomic mass is 9.37. The quantitative estimate of drug-likeness (QED) is 0.465. The van der Waals surface area contributed by atoms with Crippen LogP contribution in [0.1, 0.15) is 59.8 Å². The molecule has 8 rings (SSSR count). The average Bonchev–Trinajstić information content (AvgIpc) is 3.49. The van der Waals surface area contributed by atoms with E-state index in [1.807, 2.05) is 13.8 Å². The van der Waals surface area contributed by atoms with Crippen molar-refractivity contribution in [3.8, 4) is 0 Å². The molecule has 3 aliphatic carbocycles. The Morgan fingerprint density at radius 1 is 1.16 bits per heavy atom. The number of rotatable bonds is 0. The zero-order valence-corrected chi connectivity index (χ0v) is 22.7. The molecule has 5 heterocycles. The highest BCUT2D eigenvalue weighted by atomic mass is 16.6. The van der Waals surface area contributed by atoms with E-state index in [9.17, 15) is 19.8 Å². The molecule has 0 aromatic heterocycles. The summed E-state index contributed by atoms with van der Waals surface area (Å²) in [5, 5.41) is 24.0. The fourth-order valence-corrected chi connectivity index (χ4v) is 11.1. The summed E-state index contributed by atoms with van der Waals surface area (Å²) in [7, 11) is 0. The number of carbonyl (C=O) groups is 2. The maximum Gasteiger partial charge on any atom is 0.306 e. The summed E-state index contributed by atoms with van der Waals surface area (Å²) >= 11 is 0.